The van der Waals surface area contributed by atoms with E-state index in [4.69, 9.17) is 9.47 Å². The lowest BCUT2D eigenvalue weighted by atomic mass is 9.95. The second kappa shape index (κ2) is 7.49. The summed E-state index contributed by atoms with van der Waals surface area (Å²) in [5.41, 5.74) is 1.20. The van der Waals surface area contributed by atoms with Gasteiger partial charge in [0.15, 0.2) is 5.79 Å². The maximum absolute atomic E-state index is 11.5. The first-order valence-electron chi connectivity index (χ1n) is 8.18. The third-order valence-corrected chi connectivity index (χ3v) is 4.14. The maximum atomic E-state index is 11.5. The van der Waals surface area contributed by atoms with Crippen molar-refractivity contribution >= 4 is 11.9 Å². The van der Waals surface area contributed by atoms with Crippen molar-refractivity contribution in [2.75, 3.05) is 27.4 Å². The highest BCUT2D eigenvalue weighted by Crippen LogP contribution is 2.51. The van der Waals surface area contributed by atoms with Gasteiger partial charge in [0.05, 0.1) is 27.4 Å². The molecule has 1 aliphatic heterocycles. The van der Waals surface area contributed by atoms with E-state index in [-0.39, 0.29) is 11.0 Å². The Morgan fingerprint density at radius 3 is 2.21 bits per heavy atom. The minimum absolute atomic E-state index is 0.0586. The zero-order valence-corrected chi connectivity index (χ0v) is 14.8. The van der Waals surface area contributed by atoms with Gasteiger partial charge in [0.2, 0.25) is 0 Å². The highest BCUT2D eigenvalue weighted by atomic mass is 16.7. The third-order valence-electron chi connectivity index (χ3n) is 4.14. The molecule has 1 heterocycles. The fourth-order valence-corrected chi connectivity index (χ4v) is 2.54. The van der Waals surface area contributed by atoms with Crippen LogP contribution in [0.5, 0.6) is 0 Å². The molecule has 1 aliphatic carbocycles. The van der Waals surface area contributed by atoms with Gasteiger partial charge in [-0.2, -0.15) is 0 Å². The van der Waals surface area contributed by atoms with Gasteiger partial charge in [-0.25, -0.2) is 9.59 Å². The number of carbonyl (C=O) groups excluding carboxylic acids is 2. The van der Waals surface area contributed by atoms with E-state index in [9.17, 15) is 9.59 Å². The normalized spacial score (nSPS) is 22.1. The van der Waals surface area contributed by atoms with E-state index in [1.165, 1.54) is 19.8 Å². The smallest absolute Gasteiger partial charge is 0.344 e. The van der Waals surface area contributed by atoms with Crippen LogP contribution in [0.1, 0.15) is 39.5 Å². The molecule has 1 spiro atoms. The standard InChI is InChI=1S/C18H26O6/c1-17(2)11-23-18(24-12-17)10-13(18)8-6-5-7-9-14(15(19)21-3)16(20)22-4/h8-9H,5-7,10-12H2,1-4H3/b13-8-. The van der Waals surface area contributed by atoms with Gasteiger partial charge in [0.25, 0.3) is 0 Å². The topological polar surface area (TPSA) is 71.1 Å². The van der Waals surface area contributed by atoms with Crippen LogP contribution in [0.25, 0.3) is 0 Å². The van der Waals surface area contributed by atoms with Crippen molar-refractivity contribution in [3.8, 4) is 0 Å². The number of ether oxygens (including phenoxy) is 4. The molecule has 2 rings (SSSR count). The molecule has 2 fully saturated rings. The van der Waals surface area contributed by atoms with Gasteiger partial charge < -0.3 is 18.9 Å². The molecule has 6 nitrogen and oxygen atoms in total. The van der Waals surface area contributed by atoms with Crippen LogP contribution >= 0.6 is 0 Å². The van der Waals surface area contributed by atoms with Crippen molar-refractivity contribution in [2.24, 2.45) is 5.41 Å². The maximum Gasteiger partial charge on any atom is 0.344 e. The predicted molar refractivity (Wildman–Crippen MR) is 87.1 cm³/mol. The molecule has 6 heteroatoms. The van der Waals surface area contributed by atoms with Gasteiger partial charge in [-0.1, -0.05) is 26.0 Å². The second-order valence-electron chi connectivity index (χ2n) is 6.93. The van der Waals surface area contributed by atoms with Crippen LogP contribution < -0.4 is 0 Å². The highest BCUT2D eigenvalue weighted by molar-refractivity contribution is 6.13. The molecule has 134 valence electrons. The number of rotatable bonds is 6. The Labute approximate surface area is 142 Å². The Hall–Kier alpha value is -1.66. The molecule has 0 aromatic rings. The van der Waals surface area contributed by atoms with Crippen LogP contribution in [0.2, 0.25) is 0 Å². The van der Waals surface area contributed by atoms with Gasteiger partial charge in [-0.05, 0) is 24.8 Å². The largest absolute Gasteiger partial charge is 0.465 e. The van der Waals surface area contributed by atoms with Crippen molar-refractivity contribution in [3.05, 3.63) is 23.3 Å². The molecule has 0 radical (unpaired) electrons. The number of carbonyl (C=O) groups is 2. The Morgan fingerprint density at radius 1 is 1.08 bits per heavy atom. The zero-order valence-electron chi connectivity index (χ0n) is 14.8. The zero-order chi connectivity index (χ0) is 17.8. The molecule has 0 aromatic heterocycles. The van der Waals surface area contributed by atoms with Crippen molar-refractivity contribution in [1.82, 2.24) is 0 Å². The van der Waals surface area contributed by atoms with Gasteiger partial charge in [-0.15, -0.1) is 0 Å². The monoisotopic (exact) mass is 338 g/mol. The van der Waals surface area contributed by atoms with E-state index < -0.39 is 17.7 Å². The summed E-state index contributed by atoms with van der Waals surface area (Å²) >= 11 is 0. The van der Waals surface area contributed by atoms with Crippen LogP contribution in [0, 0.1) is 5.41 Å². The van der Waals surface area contributed by atoms with Crippen LogP contribution in [0.4, 0.5) is 0 Å². The van der Waals surface area contributed by atoms with E-state index >= 15 is 0 Å². The average Bonchev–Trinajstić information content (AvgIpc) is 3.25. The van der Waals surface area contributed by atoms with Crippen LogP contribution in [-0.4, -0.2) is 45.2 Å². The summed E-state index contributed by atoms with van der Waals surface area (Å²) in [5.74, 6) is -1.82. The minimum atomic E-state index is -0.673. The summed E-state index contributed by atoms with van der Waals surface area (Å²) in [7, 11) is 2.48. The molecule has 0 bridgehead atoms. The summed E-state index contributed by atoms with van der Waals surface area (Å²) in [6.07, 6.45) is 6.75. The quantitative estimate of drug-likeness (QED) is 0.185. The van der Waals surface area contributed by atoms with E-state index in [1.807, 2.05) is 0 Å². The third kappa shape index (κ3) is 4.45. The van der Waals surface area contributed by atoms with Crippen molar-refractivity contribution in [1.29, 1.82) is 0 Å². The van der Waals surface area contributed by atoms with Crippen molar-refractivity contribution in [2.45, 2.75) is 45.3 Å². The lowest BCUT2D eigenvalue weighted by molar-refractivity contribution is -0.233. The second-order valence-corrected chi connectivity index (χ2v) is 6.93. The summed E-state index contributed by atoms with van der Waals surface area (Å²) in [5, 5.41) is 0. The molecule has 0 unspecified atom stereocenters. The van der Waals surface area contributed by atoms with Crippen molar-refractivity contribution in [3.63, 3.8) is 0 Å². The number of esters is 2. The number of hydrogen-bond acceptors (Lipinski definition) is 6. The molecule has 1 saturated heterocycles. The molecule has 24 heavy (non-hydrogen) atoms. The number of methoxy groups -OCH3 is 2. The number of allylic oxidation sites excluding steroid dienone is 2. The Bertz CT molecular complexity index is 530. The summed E-state index contributed by atoms with van der Waals surface area (Å²) in [6, 6.07) is 0. The highest BCUT2D eigenvalue weighted by Gasteiger charge is 2.55. The molecule has 1 saturated carbocycles. The summed E-state index contributed by atoms with van der Waals surface area (Å²) < 4.78 is 20.9. The summed E-state index contributed by atoms with van der Waals surface area (Å²) in [4.78, 5) is 23.0. The molecular formula is C18H26O6. The molecule has 2 aliphatic rings. The predicted octanol–water partition coefficient (Wildman–Crippen LogP) is 2.53. The Morgan fingerprint density at radius 2 is 1.67 bits per heavy atom. The number of hydrogen-bond donors (Lipinski definition) is 0. The van der Waals surface area contributed by atoms with Crippen LogP contribution in [-0.2, 0) is 28.5 Å². The van der Waals surface area contributed by atoms with Crippen LogP contribution in [0.3, 0.4) is 0 Å². The molecule has 0 amide bonds. The molecular weight excluding hydrogens is 312 g/mol. The van der Waals surface area contributed by atoms with E-state index in [0.717, 1.165) is 19.3 Å². The molecule has 0 atom stereocenters. The fraction of sp³-hybridized carbons (Fsp3) is 0.667. The first-order valence-corrected chi connectivity index (χ1v) is 8.18. The van der Waals surface area contributed by atoms with Crippen molar-refractivity contribution < 1.29 is 28.5 Å². The summed E-state index contributed by atoms with van der Waals surface area (Å²) in [6.45, 7) is 5.65. The SMILES string of the molecule is COC(=O)C(=CCCC/C=C1/CC12OCC(C)(C)CO2)C(=O)OC. The average molecular weight is 338 g/mol. The van der Waals surface area contributed by atoms with Gasteiger partial charge in [-0.3, -0.25) is 0 Å². The molecule has 0 N–H and O–H groups in total. The fourth-order valence-electron chi connectivity index (χ4n) is 2.54. The van der Waals surface area contributed by atoms with E-state index in [2.05, 4.69) is 29.4 Å². The van der Waals surface area contributed by atoms with E-state index in [1.54, 1.807) is 6.08 Å². The minimum Gasteiger partial charge on any atom is -0.465 e. The lowest BCUT2D eigenvalue weighted by Gasteiger charge is -2.34. The molecule has 0 aromatic carbocycles. The Balaban J connectivity index is 1.78. The number of unbranched alkanes of at least 4 members (excludes halogenated alkanes) is 2. The first-order chi connectivity index (χ1) is 11.3. The van der Waals surface area contributed by atoms with Gasteiger partial charge in [0, 0.05) is 11.8 Å². The van der Waals surface area contributed by atoms with E-state index in [0.29, 0.717) is 19.6 Å². The van der Waals surface area contributed by atoms with Gasteiger partial charge in [0.1, 0.15) is 5.57 Å². The Kier molecular flexibility index (Phi) is 5.83. The van der Waals surface area contributed by atoms with Gasteiger partial charge >= 0.3 is 11.9 Å². The lowest BCUT2D eigenvalue weighted by Crippen LogP contribution is -2.39. The van der Waals surface area contributed by atoms with Crippen LogP contribution in [0.15, 0.2) is 23.3 Å². The first kappa shape index (κ1) is 18.7.